The Morgan fingerprint density at radius 2 is 1.56 bits per heavy atom. The monoisotopic (exact) mass is 455 g/mol. The van der Waals surface area contributed by atoms with E-state index in [1.807, 2.05) is 36.4 Å². The molecule has 1 atom stereocenters. The van der Waals surface area contributed by atoms with E-state index in [9.17, 15) is 5.11 Å². The fraction of sp³-hybridized carbons (Fsp3) is 0.333. The molecular formula is C30H33NO3. The Morgan fingerprint density at radius 3 is 2.29 bits per heavy atom. The molecule has 1 aliphatic carbocycles. The van der Waals surface area contributed by atoms with E-state index >= 15 is 0 Å². The number of hydrogen-bond donors (Lipinski definition) is 1. The third-order valence-corrected chi connectivity index (χ3v) is 7.06. The van der Waals surface area contributed by atoms with E-state index in [0.29, 0.717) is 6.61 Å². The average Bonchev–Trinajstić information content (AvgIpc) is 3.42. The molecule has 0 amide bonds. The predicted octanol–water partition coefficient (Wildman–Crippen LogP) is 5.76. The standard InChI is InChI=1S/C30H33NO3/c1-33-25-13-8-23(9-14-25)28-17-12-22-6-2-3-7-27(22)29(28)30(32)24-10-15-26(16-11-24)34-21-20-31-18-4-5-19-31/h2-3,6-11,13-16,30,32H,4-5,12,17-21H2,1H3. The summed E-state index contributed by atoms with van der Waals surface area (Å²) in [5.41, 5.74) is 6.62. The second kappa shape index (κ2) is 10.5. The third-order valence-electron chi connectivity index (χ3n) is 7.06. The van der Waals surface area contributed by atoms with Gasteiger partial charge in [-0.2, -0.15) is 0 Å². The highest BCUT2D eigenvalue weighted by Crippen LogP contribution is 2.43. The van der Waals surface area contributed by atoms with Gasteiger partial charge in [-0.15, -0.1) is 0 Å². The van der Waals surface area contributed by atoms with Crippen molar-refractivity contribution in [2.75, 3.05) is 33.4 Å². The average molecular weight is 456 g/mol. The van der Waals surface area contributed by atoms with Gasteiger partial charge in [0.2, 0.25) is 0 Å². The van der Waals surface area contributed by atoms with Crippen molar-refractivity contribution in [3.63, 3.8) is 0 Å². The number of rotatable bonds is 8. The largest absolute Gasteiger partial charge is 0.497 e. The van der Waals surface area contributed by atoms with Crippen LogP contribution in [0.25, 0.3) is 11.1 Å². The molecule has 5 rings (SSSR count). The van der Waals surface area contributed by atoms with Gasteiger partial charge in [0.25, 0.3) is 0 Å². The first-order chi connectivity index (χ1) is 16.7. The van der Waals surface area contributed by atoms with E-state index < -0.39 is 6.10 Å². The van der Waals surface area contributed by atoms with Gasteiger partial charge >= 0.3 is 0 Å². The first kappa shape index (κ1) is 22.7. The number of aliphatic hydroxyl groups excluding tert-OH is 1. The number of hydrogen-bond acceptors (Lipinski definition) is 4. The fourth-order valence-electron chi connectivity index (χ4n) is 5.17. The third kappa shape index (κ3) is 4.89. The lowest BCUT2D eigenvalue weighted by Gasteiger charge is -2.28. The molecule has 3 aromatic rings. The number of methoxy groups -OCH3 is 1. The number of benzene rings is 3. The molecule has 0 saturated carbocycles. The molecule has 2 aliphatic rings. The van der Waals surface area contributed by atoms with Crippen molar-refractivity contribution < 1.29 is 14.6 Å². The SMILES string of the molecule is COc1ccc(C2=C(C(O)c3ccc(OCCN4CCCC4)cc3)c3ccccc3CC2)cc1. The van der Waals surface area contributed by atoms with E-state index in [1.165, 1.54) is 37.1 Å². The summed E-state index contributed by atoms with van der Waals surface area (Å²) < 4.78 is 11.3. The summed E-state index contributed by atoms with van der Waals surface area (Å²) in [4.78, 5) is 2.45. The van der Waals surface area contributed by atoms with E-state index in [1.54, 1.807) is 7.11 Å². The maximum absolute atomic E-state index is 11.6. The fourth-order valence-corrected chi connectivity index (χ4v) is 5.17. The summed E-state index contributed by atoms with van der Waals surface area (Å²) in [5, 5.41) is 11.6. The molecule has 4 heteroatoms. The summed E-state index contributed by atoms with van der Waals surface area (Å²) >= 11 is 0. The van der Waals surface area contributed by atoms with Gasteiger partial charge in [0, 0.05) is 6.54 Å². The molecule has 1 unspecified atom stereocenters. The lowest BCUT2D eigenvalue weighted by atomic mass is 9.79. The molecule has 34 heavy (non-hydrogen) atoms. The minimum absolute atomic E-state index is 0.696. The van der Waals surface area contributed by atoms with Crippen LogP contribution in [0.15, 0.2) is 72.8 Å². The van der Waals surface area contributed by atoms with E-state index in [-0.39, 0.29) is 0 Å². The zero-order valence-corrected chi connectivity index (χ0v) is 19.9. The molecule has 1 aliphatic heterocycles. The second-order valence-electron chi connectivity index (χ2n) is 9.15. The van der Waals surface area contributed by atoms with Crippen LogP contribution in [0.4, 0.5) is 0 Å². The predicted molar refractivity (Wildman–Crippen MR) is 137 cm³/mol. The molecule has 0 radical (unpaired) electrons. The van der Waals surface area contributed by atoms with Gasteiger partial charge in [0.15, 0.2) is 0 Å². The smallest absolute Gasteiger partial charge is 0.119 e. The van der Waals surface area contributed by atoms with E-state index in [4.69, 9.17) is 9.47 Å². The van der Waals surface area contributed by atoms with E-state index in [2.05, 4.69) is 41.3 Å². The summed E-state index contributed by atoms with van der Waals surface area (Å²) in [7, 11) is 1.68. The second-order valence-corrected chi connectivity index (χ2v) is 9.15. The van der Waals surface area contributed by atoms with Crippen LogP contribution >= 0.6 is 0 Å². The highest BCUT2D eigenvalue weighted by atomic mass is 16.5. The van der Waals surface area contributed by atoms with Gasteiger partial charge in [0.05, 0.1) is 7.11 Å². The molecule has 4 nitrogen and oxygen atoms in total. The molecule has 1 saturated heterocycles. The Bertz CT molecular complexity index is 1130. The van der Waals surface area contributed by atoms with Crippen LogP contribution in [-0.4, -0.2) is 43.4 Å². The normalized spacial score (nSPS) is 16.9. The molecule has 1 fully saturated rings. The van der Waals surface area contributed by atoms with Gasteiger partial charge < -0.3 is 14.6 Å². The van der Waals surface area contributed by atoms with Crippen molar-refractivity contribution in [3.8, 4) is 11.5 Å². The van der Waals surface area contributed by atoms with Crippen molar-refractivity contribution in [2.24, 2.45) is 0 Å². The Labute approximate surface area is 202 Å². The minimum Gasteiger partial charge on any atom is -0.497 e. The van der Waals surface area contributed by atoms with Crippen LogP contribution in [0, 0.1) is 0 Å². The highest BCUT2D eigenvalue weighted by Gasteiger charge is 2.26. The summed E-state index contributed by atoms with van der Waals surface area (Å²) in [6.07, 6.45) is 3.75. The van der Waals surface area contributed by atoms with Crippen molar-refractivity contribution in [1.82, 2.24) is 4.90 Å². The van der Waals surface area contributed by atoms with Crippen molar-refractivity contribution in [2.45, 2.75) is 31.8 Å². The molecule has 176 valence electrons. The highest BCUT2D eigenvalue weighted by molar-refractivity contribution is 5.95. The Hall–Kier alpha value is -3.08. The number of allylic oxidation sites excluding steroid dienone is 1. The first-order valence-electron chi connectivity index (χ1n) is 12.3. The van der Waals surface area contributed by atoms with Gasteiger partial charge in [0.1, 0.15) is 24.2 Å². The van der Waals surface area contributed by atoms with Crippen LogP contribution in [0.3, 0.4) is 0 Å². The lowest BCUT2D eigenvalue weighted by Crippen LogP contribution is -2.25. The quantitative estimate of drug-likeness (QED) is 0.469. The molecule has 3 aromatic carbocycles. The summed E-state index contributed by atoms with van der Waals surface area (Å²) in [5.74, 6) is 1.69. The summed E-state index contributed by atoms with van der Waals surface area (Å²) in [6.45, 7) is 4.03. The number of likely N-dealkylation sites (tertiary alicyclic amines) is 1. The van der Waals surface area contributed by atoms with E-state index in [0.717, 1.165) is 53.1 Å². The Morgan fingerprint density at radius 1 is 0.853 bits per heavy atom. The Balaban J connectivity index is 1.40. The number of nitrogens with zero attached hydrogens (tertiary/aromatic N) is 1. The molecular weight excluding hydrogens is 422 g/mol. The van der Waals surface area contributed by atoms with Crippen molar-refractivity contribution in [1.29, 1.82) is 0 Å². The van der Waals surface area contributed by atoms with Crippen molar-refractivity contribution >= 4 is 11.1 Å². The van der Waals surface area contributed by atoms with Crippen LogP contribution in [0.1, 0.15) is 47.6 Å². The maximum atomic E-state index is 11.6. The molecule has 0 bridgehead atoms. The van der Waals surface area contributed by atoms with Crippen LogP contribution < -0.4 is 9.47 Å². The van der Waals surface area contributed by atoms with Crippen LogP contribution in [0.5, 0.6) is 11.5 Å². The van der Waals surface area contributed by atoms with Gasteiger partial charge in [-0.25, -0.2) is 0 Å². The molecule has 0 aromatic heterocycles. The topological polar surface area (TPSA) is 41.9 Å². The number of fused-ring (bicyclic) bond motifs is 1. The molecule has 0 spiro atoms. The number of ether oxygens (including phenoxy) is 2. The molecule has 1 N–H and O–H groups in total. The zero-order valence-electron chi connectivity index (χ0n) is 19.9. The lowest BCUT2D eigenvalue weighted by molar-refractivity contribution is 0.234. The van der Waals surface area contributed by atoms with Crippen molar-refractivity contribution in [3.05, 3.63) is 95.1 Å². The van der Waals surface area contributed by atoms with Gasteiger partial charge in [-0.05, 0) is 96.4 Å². The first-order valence-corrected chi connectivity index (χ1v) is 12.3. The zero-order chi connectivity index (χ0) is 23.3. The number of aryl methyl sites for hydroxylation is 1. The molecule has 1 heterocycles. The summed E-state index contributed by atoms with van der Waals surface area (Å²) in [6, 6.07) is 24.5. The Kier molecular flexibility index (Phi) is 6.98. The van der Waals surface area contributed by atoms with Crippen LogP contribution in [0.2, 0.25) is 0 Å². The van der Waals surface area contributed by atoms with Crippen LogP contribution in [-0.2, 0) is 6.42 Å². The number of aliphatic hydroxyl groups is 1. The minimum atomic E-state index is -0.711. The maximum Gasteiger partial charge on any atom is 0.119 e. The van der Waals surface area contributed by atoms with Gasteiger partial charge in [-0.3, -0.25) is 4.90 Å². The van der Waals surface area contributed by atoms with Gasteiger partial charge in [-0.1, -0.05) is 48.5 Å².